The summed E-state index contributed by atoms with van der Waals surface area (Å²) in [5, 5.41) is 0. The summed E-state index contributed by atoms with van der Waals surface area (Å²) in [6, 6.07) is 0.468. The van der Waals surface area contributed by atoms with Crippen molar-refractivity contribution in [3.05, 3.63) is 0 Å². The minimum Gasteiger partial charge on any atom is -0.327 e. The van der Waals surface area contributed by atoms with Gasteiger partial charge in [0.15, 0.2) is 0 Å². The molecule has 2 aliphatic rings. The molecule has 0 bridgehead atoms. The molecule has 0 aromatic heterocycles. The maximum atomic E-state index is 6.01. The first kappa shape index (κ1) is 9.47. The lowest BCUT2D eigenvalue weighted by molar-refractivity contribution is 0.317. The van der Waals surface area contributed by atoms with Gasteiger partial charge in [-0.2, -0.15) is 0 Å². The molecule has 0 aromatic rings. The second-order valence-corrected chi connectivity index (χ2v) is 5.29. The first-order valence-electron chi connectivity index (χ1n) is 5.60. The molecule has 1 saturated carbocycles. The number of hydrogen-bond donors (Lipinski definition) is 1. The Bertz CT molecular complexity index is 183. The number of rotatable bonds is 3. The van der Waals surface area contributed by atoms with E-state index in [1.54, 1.807) is 0 Å². The van der Waals surface area contributed by atoms with Crippen LogP contribution >= 0.6 is 0 Å². The Morgan fingerprint density at radius 1 is 1.31 bits per heavy atom. The molecule has 0 radical (unpaired) electrons. The predicted octanol–water partition coefficient (Wildman–Crippen LogP) is 1.46. The van der Waals surface area contributed by atoms with Crippen molar-refractivity contribution in [1.82, 2.24) is 4.90 Å². The van der Waals surface area contributed by atoms with Gasteiger partial charge in [-0.05, 0) is 50.2 Å². The summed E-state index contributed by atoms with van der Waals surface area (Å²) in [6.07, 6.45) is 4.12. The van der Waals surface area contributed by atoms with Crippen LogP contribution in [0.15, 0.2) is 0 Å². The molecule has 2 atom stereocenters. The minimum absolute atomic E-state index is 0.430. The van der Waals surface area contributed by atoms with Crippen LogP contribution in [-0.2, 0) is 0 Å². The van der Waals surface area contributed by atoms with E-state index in [1.807, 2.05) is 0 Å². The number of nitrogens with zero attached hydrogens (tertiary/aromatic N) is 1. The third-order valence-corrected chi connectivity index (χ3v) is 4.09. The van der Waals surface area contributed by atoms with Gasteiger partial charge in [-0.25, -0.2) is 0 Å². The van der Waals surface area contributed by atoms with E-state index in [-0.39, 0.29) is 0 Å². The lowest BCUT2D eigenvalue weighted by Crippen LogP contribution is -2.21. The SMILES string of the molecule is CC1(C)C(N)C1CCN1CCCC1. The van der Waals surface area contributed by atoms with Crippen LogP contribution < -0.4 is 5.73 Å². The highest BCUT2D eigenvalue weighted by molar-refractivity contribution is 5.08. The molecule has 2 fully saturated rings. The smallest absolute Gasteiger partial charge is 0.0128 e. The van der Waals surface area contributed by atoms with Crippen LogP contribution in [0.25, 0.3) is 0 Å². The molecule has 1 heterocycles. The van der Waals surface area contributed by atoms with Crippen molar-refractivity contribution in [1.29, 1.82) is 0 Å². The zero-order valence-corrected chi connectivity index (χ0v) is 8.92. The van der Waals surface area contributed by atoms with Crippen molar-refractivity contribution in [2.24, 2.45) is 17.1 Å². The molecule has 2 nitrogen and oxygen atoms in total. The predicted molar refractivity (Wildman–Crippen MR) is 55.5 cm³/mol. The monoisotopic (exact) mass is 182 g/mol. The summed E-state index contributed by atoms with van der Waals surface area (Å²) in [6.45, 7) is 8.52. The fourth-order valence-corrected chi connectivity index (χ4v) is 2.67. The van der Waals surface area contributed by atoms with Crippen LogP contribution in [0.3, 0.4) is 0 Å². The highest BCUT2D eigenvalue weighted by Crippen LogP contribution is 2.52. The fourth-order valence-electron chi connectivity index (χ4n) is 2.67. The Labute approximate surface area is 81.5 Å². The Morgan fingerprint density at radius 2 is 1.85 bits per heavy atom. The quantitative estimate of drug-likeness (QED) is 0.716. The van der Waals surface area contributed by atoms with E-state index in [0.29, 0.717) is 11.5 Å². The molecule has 2 rings (SSSR count). The van der Waals surface area contributed by atoms with Crippen LogP contribution in [0.4, 0.5) is 0 Å². The molecule has 1 saturated heterocycles. The topological polar surface area (TPSA) is 29.3 Å². The van der Waals surface area contributed by atoms with Crippen LogP contribution in [0, 0.1) is 11.3 Å². The summed E-state index contributed by atoms with van der Waals surface area (Å²) < 4.78 is 0. The average molecular weight is 182 g/mol. The summed E-state index contributed by atoms with van der Waals surface area (Å²) >= 11 is 0. The molecule has 0 amide bonds. The molecule has 2 unspecified atom stereocenters. The largest absolute Gasteiger partial charge is 0.327 e. The van der Waals surface area contributed by atoms with E-state index in [1.165, 1.54) is 38.9 Å². The van der Waals surface area contributed by atoms with Crippen LogP contribution in [0.2, 0.25) is 0 Å². The fraction of sp³-hybridized carbons (Fsp3) is 1.00. The van der Waals surface area contributed by atoms with Gasteiger partial charge in [-0.1, -0.05) is 13.8 Å². The van der Waals surface area contributed by atoms with E-state index in [0.717, 1.165) is 5.92 Å². The number of nitrogens with two attached hydrogens (primary N) is 1. The van der Waals surface area contributed by atoms with Crippen molar-refractivity contribution in [2.45, 2.75) is 39.2 Å². The first-order valence-corrected chi connectivity index (χ1v) is 5.60. The summed E-state index contributed by atoms with van der Waals surface area (Å²) in [7, 11) is 0. The maximum Gasteiger partial charge on any atom is 0.0128 e. The number of likely N-dealkylation sites (tertiary alicyclic amines) is 1. The molecule has 2 N–H and O–H groups in total. The summed E-state index contributed by atoms with van der Waals surface area (Å²) in [4.78, 5) is 2.58. The van der Waals surface area contributed by atoms with Gasteiger partial charge in [0.1, 0.15) is 0 Å². The molecule has 76 valence electrons. The molecule has 1 aliphatic heterocycles. The lowest BCUT2D eigenvalue weighted by Gasteiger charge is -2.14. The molecular weight excluding hydrogens is 160 g/mol. The van der Waals surface area contributed by atoms with Crippen molar-refractivity contribution in [2.75, 3.05) is 19.6 Å². The van der Waals surface area contributed by atoms with E-state index in [4.69, 9.17) is 5.73 Å². The van der Waals surface area contributed by atoms with Gasteiger partial charge in [0, 0.05) is 6.04 Å². The minimum atomic E-state index is 0.430. The van der Waals surface area contributed by atoms with Crippen LogP contribution in [0.5, 0.6) is 0 Å². The van der Waals surface area contributed by atoms with Gasteiger partial charge in [0.05, 0.1) is 0 Å². The Hall–Kier alpha value is -0.0800. The Balaban J connectivity index is 1.69. The van der Waals surface area contributed by atoms with Crippen molar-refractivity contribution < 1.29 is 0 Å². The summed E-state index contributed by atoms with van der Waals surface area (Å²) in [5.41, 5.74) is 6.44. The van der Waals surface area contributed by atoms with Gasteiger partial charge < -0.3 is 10.6 Å². The Morgan fingerprint density at radius 3 is 2.31 bits per heavy atom. The zero-order valence-electron chi connectivity index (χ0n) is 8.92. The molecule has 2 heteroatoms. The van der Waals surface area contributed by atoms with Gasteiger partial charge in [-0.15, -0.1) is 0 Å². The Kier molecular flexibility index (Phi) is 2.37. The molecular formula is C11H22N2. The molecule has 1 aliphatic carbocycles. The molecule has 0 aromatic carbocycles. The van der Waals surface area contributed by atoms with Crippen LogP contribution in [-0.4, -0.2) is 30.6 Å². The van der Waals surface area contributed by atoms with Gasteiger partial charge >= 0.3 is 0 Å². The second-order valence-electron chi connectivity index (χ2n) is 5.29. The average Bonchev–Trinajstić information content (AvgIpc) is 2.57. The highest BCUT2D eigenvalue weighted by Gasteiger charge is 2.54. The second kappa shape index (κ2) is 3.25. The first-order chi connectivity index (χ1) is 6.12. The van der Waals surface area contributed by atoms with Crippen LogP contribution in [0.1, 0.15) is 33.1 Å². The molecule has 0 spiro atoms. The van der Waals surface area contributed by atoms with E-state index in [9.17, 15) is 0 Å². The van der Waals surface area contributed by atoms with Gasteiger partial charge in [0.25, 0.3) is 0 Å². The maximum absolute atomic E-state index is 6.01. The summed E-state index contributed by atoms with van der Waals surface area (Å²) in [5.74, 6) is 0.785. The van der Waals surface area contributed by atoms with E-state index >= 15 is 0 Å². The van der Waals surface area contributed by atoms with Crippen molar-refractivity contribution in [3.8, 4) is 0 Å². The van der Waals surface area contributed by atoms with Gasteiger partial charge in [0.2, 0.25) is 0 Å². The van der Waals surface area contributed by atoms with E-state index in [2.05, 4.69) is 18.7 Å². The zero-order chi connectivity index (χ0) is 9.47. The normalized spacial score (nSPS) is 38.1. The van der Waals surface area contributed by atoms with Crippen molar-refractivity contribution >= 4 is 0 Å². The third kappa shape index (κ3) is 1.75. The highest BCUT2D eigenvalue weighted by atomic mass is 15.1. The third-order valence-electron chi connectivity index (χ3n) is 4.09. The van der Waals surface area contributed by atoms with Gasteiger partial charge in [-0.3, -0.25) is 0 Å². The lowest BCUT2D eigenvalue weighted by atomic mass is 10.1. The number of hydrogen-bond acceptors (Lipinski definition) is 2. The molecule has 13 heavy (non-hydrogen) atoms. The van der Waals surface area contributed by atoms with Crippen molar-refractivity contribution in [3.63, 3.8) is 0 Å². The standard InChI is InChI=1S/C11H22N2/c1-11(2)9(10(11)12)5-8-13-6-3-4-7-13/h9-10H,3-8,12H2,1-2H3. The van der Waals surface area contributed by atoms with E-state index < -0.39 is 0 Å².